The van der Waals surface area contributed by atoms with E-state index in [9.17, 15) is 9.59 Å². The normalized spacial score (nSPS) is 13.4. The Morgan fingerprint density at radius 3 is 2.75 bits per heavy atom. The third-order valence-electron chi connectivity index (χ3n) is 4.12. The number of benzene rings is 2. The lowest BCUT2D eigenvalue weighted by Crippen LogP contribution is -2.31. The van der Waals surface area contributed by atoms with Crippen molar-refractivity contribution in [2.45, 2.75) is 13.0 Å². The highest BCUT2D eigenvalue weighted by Gasteiger charge is 2.22. The van der Waals surface area contributed by atoms with Gasteiger partial charge >= 0.3 is 5.97 Å². The van der Waals surface area contributed by atoms with Gasteiger partial charge in [-0.2, -0.15) is 0 Å². The van der Waals surface area contributed by atoms with E-state index in [4.69, 9.17) is 30.5 Å². The Balaban J connectivity index is 1.60. The van der Waals surface area contributed by atoms with E-state index < -0.39 is 18.5 Å². The van der Waals surface area contributed by atoms with E-state index >= 15 is 0 Å². The van der Waals surface area contributed by atoms with E-state index in [0.29, 0.717) is 35.5 Å². The molecule has 2 aromatic rings. The summed E-state index contributed by atoms with van der Waals surface area (Å²) in [7, 11) is 1.47. The van der Waals surface area contributed by atoms with Crippen LogP contribution in [-0.4, -0.2) is 38.8 Å². The smallest absolute Gasteiger partial charge is 0.338 e. The second-order valence-corrected chi connectivity index (χ2v) is 6.56. The van der Waals surface area contributed by atoms with Crippen LogP contribution >= 0.6 is 11.6 Å². The average molecular weight is 406 g/mol. The van der Waals surface area contributed by atoms with Gasteiger partial charge in [0.1, 0.15) is 13.2 Å². The molecule has 3 rings (SSSR count). The molecule has 0 fully saturated rings. The fraction of sp³-hybridized carbons (Fsp3) is 0.300. The highest BCUT2D eigenvalue weighted by Crippen LogP contribution is 2.40. The van der Waals surface area contributed by atoms with Gasteiger partial charge in [-0.1, -0.05) is 23.7 Å². The van der Waals surface area contributed by atoms with Crippen LogP contribution in [0.1, 0.15) is 28.9 Å². The molecule has 0 saturated carbocycles. The third kappa shape index (κ3) is 4.67. The highest BCUT2D eigenvalue weighted by molar-refractivity contribution is 6.30. The fourth-order valence-electron chi connectivity index (χ4n) is 2.75. The minimum absolute atomic E-state index is 0.205. The van der Waals surface area contributed by atoms with Crippen molar-refractivity contribution in [2.24, 2.45) is 0 Å². The molecule has 1 atom stereocenters. The van der Waals surface area contributed by atoms with Gasteiger partial charge in [-0.25, -0.2) is 4.79 Å². The maximum absolute atomic E-state index is 12.3. The SMILES string of the molecule is COc1cc(C(=O)OCC(=O)N[C@@H](C)c2cccc(Cl)c2)cc2c1OCCO2. The lowest BCUT2D eigenvalue weighted by atomic mass is 10.1. The number of halogens is 1. The maximum Gasteiger partial charge on any atom is 0.338 e. The molecule has 0 saturated heterocycles. The average Bonchev–Trinajstić information content (AvgIpc) is 2.71. The zero-order chi connectivity index (χ0) is 20.1. The molecule has 0 aromatic heterocycles. The highest BCUT2D eigenvalue weighted by atomic mass is 35.5. The lowest BCUT2D eigenvalue weighted by Gasteiger charge is -2.21. The first-order valence-corrected chi connectivity index (χ1v) is 9.05. The quantitative estimate of drug-likeness (QED) is 0.743. The van der Waals surface area contributed by atoms with Gasteiger partial charge < -0.3 is 24.3 Å². The third-order valence-corrected chi connectivity index (χ3v) is 4.36. The zero-order valence-corrected chi connectivity index (χ0v) is 16.2. The predicted molar refractivity (Wildman–Crippen MR) is 102 cm³/mol. The van der Waals surface area contributed by atoms with E-state index in [1.807, 2.05) is 13.0 Å². The van der Waals surface area contributed by atoms with Crippen molar-refractivity contribution >= 4 is 23.5 Å². The van der Waals surface area contributed by atoms with Crippen molar-refractivity contribution in [3.8, 4) is 17.2 Å². The van der Waals surface area contributed by atoms with Crippen LogP contribution in [0.5, 0.6) is 17.2 Å². The molecule has 7 nitrogen and oxygen atoms in total. The molecule has 1 amide bonds. The summed E-state index contributed by atoms with van der Waals surface area (Å²) in [6, 6.07) is 9.89. The van der Waals surface area contributed by atoms with Gasteiger partial charge in [-0.15, -0.1) is 0 Å². The van der Waals surface area contributed by atoms with Crippen LogP contribution < -0.4 is 19.5 Å². The van der Waals surface area contributed by atoms with Gasteiger partial charge in [0.25, 0.3) is 5.91 Å². The van der Waals surface area contributed by atoms with E-state index in [-0.39, 0.29) is 11.6 Å². The number of hydrogen-bond donors (Lipinski definition) is 1. The number of fused-ring (bicyclic) bond motifs is 1. The second-order valence-electron chi connectivity index (χ2n) is 6.12. The molecule has 2 aromatic carbocycles. The van der Waals surface area contributed by atoms with Crippen LogP contribution in [0.3, 0.4) is 0 Å². The lowest BCUT2D eigenvalue weighted by molar-refractivity contribution is -0.124. The largest absolute Gasteiger partial charge is 0.493 e. The molecule has 1 N–H and O–H groups in total. The Bertz CT molecular complexity index is 868. The van der Waals surface area contributed by atoms with Crippen LogP contribution in [-0.2, 0) is 9.53 Å². The summed E-state index contributed by atoms with van der Waals surface area (Å²) in [4.78, 5) is 24.4. The molecule has 148 valence electrons. The molecule has 0 radical (unpaired) electrons. The van der Waals surface area contributed by atoms with Crippen molar-refractivity contribution in [2.75, 3.05) is 26.9 Å². The van der Waals surface area contributed by atoms with Crippen molar-refractivity contribution in [1.82, 2.24) is 5.32 Å². The van der Waals surface area contributed by atoms with E-state index in [1.165, 1.54) is 19.2 Å². The summed E-state index contributed by atoms with van der Waals surface area (Å²) in [5, 5.41) is 3.34. The van der Waals surface area contributed by atoms with Crippen LogP contribution in [0.4, 0.5) is 0 Å². The van der Waals surface area contributed by atoms with Gasteiger partial charge in [0, 0.05) is 5.02 Å². The zero-order valence-electron chi connectivity index (χ0n) is 15.5. The minimum Gasteiger partial charge on any atom is -0.493 e. The molecule has 0 spiro atoms. The number of rotatable bonds is 6. The van der Waals surface area contributed by atoms with Gasteiger partial charge in [-0.05, 0) is 36.8 Å². The molecule has 8 heteroatoms. The Kier molecular flexibility index (Phi) is 6.26. The Labute approximate surface area is 167 Å². The van der Waals surface area contributed by atoms with Crippen molar-refractivity contribution < 1.29 is 28.5 Å². The molecule has 1 aliphatic rings. The molecule has 1 aliphatic heterocycles. The molecule has 0 unspecified atom stereocenters. The maximum atomic E-state index is 12.3. The van der Waals surface area contributed by atoms with Crippen molar-refractivity contribution in [3.63, 3.8) is 0 Å². The summed E-state index contributed by atoms with van der Waals surface area (Å²) in [5.41, 5.74) is 1.06. The number of carbonyl (C=O) groups is 2. The second kappa shape index (κ2) is 8.84. The number of ether oxygens (including phenoxy) is 4. The first-order chi connectivity index (χ1) is 13.5. The van der Waals surface area contributed by atoms with Crippen molar-refractivity contribution in [1.29, 1.82) is 0 Å². The van der Waals surface area contributed by atoms with Crippen LogP contribution in [0, 0.1) is 0 Å². The molecular formula is C20H20ClNO6. The molecular weight excluding hydrogens is 386 g/mol. The molecule has 0 aliphatic carbocycles. The standard InChI is InChI=1S/C20H20ClNO6/c1-12(13-4-3-5-15(21)8-13)22-18(23)11-28-20(24)14-9-16(25-2)19-17(10-14)26-6-7-27-19/h3-5,8-10,12H,6-7,11H2,1-2H3,(H,22,23)/t12-/m0/s1. The monoisotopic (exact) mass is 405 g/mol. The summed E-state index contributed by atoms with van der Waals surface area (Å²) in [5.74, 6) is 0.115. The summed E-state index contributed by atoms with van der Waals surface area (Å²) < 4.78 is 21.3. The van der Waals surface area contributed by atoms with Gasteiger partial charge in [0.2, 0.25) is 5.75 Å². The minimum atomic E-state index is -0.666. The van der Waals surface area contributed by atoms with Crippen LogP contribution in [0.25, 0.3) is 0 Å². The topological polar surface area (TPSA) is 83.1 Å². The summed E-state index contributed by atoms with van der Waals surface area (Å²) in [6.45, 7) is 2.17. The van der Waals surface area contributed by atoms with Crippen molar-refractivity contribution in [3.05, 3.63) is 52.5 Å². The van der Waals surface area contributed by atoms with Crippen LogP contribution in [0.2, 0.25) is 5.02 Å². The molecule has 28 heavy (non-hydrogen) atoms. The Hall–Kier alpha value is -2.93. The van der Waals surface area contributed by atoms with Crippen LogP contribution in [0.15, 0.2) is 36.4 Å². The number of esters is 1. The number of carbonyl (C=O) groups excluding carboxylic acids is 2. The predicted octanol–water partition coefficient (Wildman–Crippen LogP) is 3.15. The number of hydrogen-bond acceptors (Lipinski definition) is 6. The Morgan fingerprint density at radius 2 is 2.00 bits per heavy atom. The first kappa shape index (κ1) is 19.8. The molecule has 1 heterocycles. The number of nitrogens with one attached hydrogen (secondary N) is 1. The molecule has 0 bridgehead atoms. The van der Waals surface area contributed by atoms with E-state index in [0.717, 1.165) is 5.56 Å². The van der Waals surface area contributed by atoms with Gasteiger partial charge in [-0.3, -0.25) is 4.79 Å². The van der Waals surface area contributed by atoms with E-state index in [1.54, 1.807) is 18.2 Å². The fourth-order valence-corrected chi connectivity index (χ4v) is 2.95. The summed E-state index contributed by atoms with van der Waals surface area (Å²) in [6.07, 6.45) is 0. The number of methoxy groups -OCH3 is 1. The Morgan fingerprint density at radius 1 is 1.21 bits per heavy atom. The summed E-state index contributed by atoms with van der Waals surface area (Å²) >= 11 is 5.96. The van der Waals surface area contributed by atoms with Gasteiger partial charge in [0.05, 0.1) is 18.7 Å². The van der Waals surface area contributed by atoms with E-state index in [2.05, 4.69) is 5.32 Å². The number of amides is 1. The van der Waals surface area contributed by atoms with Gasteiger partial charge in [0.15, 0.2) is 18.1 Å². The first-order valence-electron chi connectivity index (χ1n) is 8.67.